The van der Waals surface area contributed by atoms with Crippen molar-refractivity contribution >= 4 is 0 Å². The summed E-state index contributed by atoms with van der Waals surface area (Å²) in [4.78, 5) is 0. The lowest BCUT2D eigenvalue weighted by Crippen LogP contribution is -2.39. The lowest BCUT2D eigenvalue weighted by Gasteiger charge is -2.40. The van der Waals surface area contributed by atoms with E-state index in [1.54, 1.807) is 0 Å². The van der Waals surface area contributed by atoms with Gasteiger partial charge in [-0.05, 0) is 75.3 Å². The van der Waals surface area contributed by atoms with Crippen molar-refractivity contribution in [2.45, 2.75) is 76.7 Å². The Bertz CT molecular complexity index is 738. The Hall–Kier alpha value is -1.60. The Morgan fingerprint density at radius 1 is 0.774 bits per heavy atom. The van der Waals surface area contributed by atoms with Crippen LogP contribution < -0.4 is 9.47 Å². The molecule has 1 aromatic carbocycles. The number of ether oxygens (including phenoxy) is 2. The Morgan fingerprint density at radius 3 is 1.71 bits per heavy atom. The highest BCUT2D eigenvalue weighted by Crippen LogP contribution is 2.48. The van der Waals surface area contributed by atoms with Crippen LogP contribution in [0.25, 0.3) is 0 Å². The monoisotopic (exact) mass is 452 g/mol. The van der Waals surface area contributed by atoms with Crippen LogP contribution in [0.15, 0.2) is 12.1 Å². The van der Waals surface area contributed by atoms with Crippen LogP contribution >= 0.6 is 0 Å². The minimum absolute atomic E-state index is 0.152. The largest absolute Gasteiger partial charge is 0.494 e. The zero-order valence-corrected chi connectivity index (χ0v) is 17.9. The van der Waals surface area contributed by atoms with E-state index < -0.39 is 41.3 Å². The molecule has 0 heterocycles. The van der Waals surface area contributed by atoms with Gasteiger partial charge in [-0.2, -0.15) is 17.6 Å². The summed E-state index contributed by atoms with van der Waals surface area (Å²) in [6.07, 6.45) is 0.101. The summed E-state index contributed by atoms with van der Waals surface area (Å²) in [7, 11) is 1.15. The summed E-state index contributed by atoms with van der Waals surface area (Å²) >= 11 is 0. The predicted octanol–water partition coefficient (Wildman–Crippen LogP) is 7.60. The second-order valence-electron chi connectivity index (χ2n) is 8.90. The molecule has 0 spiro atoms. The third kappa shape index (κ3) is 5.25. The highest BCUT2D eigenvalue weighted by molar-refractivity contribution is 5.35. The minimum Gasteiger partial charge on any atom is -0.494 e. The van der Waals surface area contributed by atoms with Gasteiger partial charge in [0.1, 0.15) is 0 Å². The van der Waals surface area contributed by atoms with E-state index in [1.807, 2.05) is 0 Å². The summed E-state index contributed by atoms with van der Waals surface area (Å²) in [5, 5.41) is 0. The van der Waals surface area contributed by atoms with Crippen molar-refractivity contribution in [1.82, 2.24) is 0 Å². The van der Waals surface area contributed by atoms with Crippen LogP contribution in [0.3, 0.4) is 0 Å². The first-order valence-electron chi connectivity index (χ1n) is 11.1. The normalized spacial score (nSPS) is 27.7. The average molecular weight is 452 g/mol. The molecule has 2 aliphatic carbocycles. The first kappa shape index (κ1) is 24.1. The molecular formula is C23H30F6O2. The average Bonchev–Trinajstić information content (AvgIpc) is 2.77. The van der Waals surface area contributed by atoms with E-state index in [-0.39, 0.29) is 36.8 Å². The summed E-state index contributed by atoms with van der Waals surface area (Å²) in [6, 6.07) is 1.97. The van der Waals surface area contributed by atoms with Crippen LogP contribution in [0.1, 0.15) is 64.7 Å². The Balaban J connectivity index is 1.54. The van der Waals surface area contributed by atoms with Crippen molar-refractivity contribution in [2.75, 3.05) is 7.11 Å². The van der Waals surface area contributed by atoms with Gasteiger partial charge in [0.25, 0.3) is 5.92 Å². The molecule has 2 saturated carbocycles. The fourth-order valence-electron chi connectivity index (χ4n) is 5.21. The zero-order chi connectivity index (χ0) is 22.8. The van der Waals surface area contributed by atoms with Crippen molar-refractivity contribution in [3.05, 3.63) is 23.8 Å². The van der Waals surface area contributed by atoms with Crippen molar-refractivity contribution in [1.29, 1.82) is 0 Å². The molecule has 8 heteroatoms. The van der Waals surface area contributed by atoms with Crippen LogP contribution in [0.5, 0.6) is 11.5 Å². The lowest BCUT2D eigenvalue weighted by molar-refractivity contribution is -0.225. The maximum atomic E-state index is 14.7. The molecule has 2 nitrogen and oxygen atoms in total. The van der Waals surface area contributed by atoms with Crippen molar-refractivity contribution in [2.24, 2.45) is 23.7 Å². The number of hydrogen-bond acceptors (Lipinski definition) is 2. The van der Waals surface area contributed by atoms with Crippen LogP contribution in [-0.4, -0.2) is 19.1 Å². The van der Waals surface area contributed by atoms with Gasteiger partial charge in [-0.3, -0.25) is 0 Å². The maximum absolute atomic E-state index is 14.7. The standard InChI is InChI=1S/C23H30F6O2/c1-3-22(26,27)16-8-4-14(5-9-16)15-6-10-17(11-7-15)23(28,29)31-19-13-12-18(30-2)20(24)21(19)25/h12-17H,3-11H2,1-2H3. The molecule has 0 aromatic heterocycles. The molecule has 0 amide bonds. The van der Waals surface area contributed by atoms with E-state index in [1.165, 1.54) is 6.92 Å². The number of benzene rings is 1. The van der Waals surface area contributed by atoms with Gasteiger partial charge in [0, 0.05) is 12.3 Å². The fourth-order valence-corrected chi connectivity index (χ4v) is 5.21. The van der Waals surface area contributed by atoms with E-state index in [0.717, 1.165) is 19.2 Å². The van der Waals surface area contributed by atoms with E-state index in [2.05, 4.69) is 9.47 Å². The number of methoxy groups -OCH3 is 1. The SMILES string of the molecule is CCC(F)(F)C1CCC(C2CCC(C(F)(F)Oc3ccc(OC)c(F)c3F)CC2)CC1. The molecule has 2 fully saturated rings. The molecule has 3 rings (SSSR count). The number of rotatable bonds is 7. The summed E-state index contributed by atoms with van der Waals surface area (Å²) < 4.78 is 94.2. The number of hydrogen-bond donors (Lipinski definition) is 0. The molecular weight excluding hydrogens is 422 g/mol. The highest BCUT2D eigenvalue weighted by Gasteiger charge is 2.46. The molecule has 0 radical (unpaired) electrons. The molecule has 31 heavy (non-hydrogen) atoms. The molecule has 2 aliphatic rings. The quantitative estimate of drug-likeness (QED) is 0.397. The molecule has 1 aromatic rings. The van der Waals surface area contributed by atoms with E-state index >= 15 is 0 Å². The maximum Gasteiger partial charge on any atom is 0.400 e. The first-order chi connectivity index (χ1) is 14.6. The van der Waals surface area contributed by atoms with Gasteiger partial charge in [-0.1, -0.05) is 6.92 Å². The lowest BCUT2D eigenvalue weighted by atomic mass is 9.68. The number of alkyl halides is 4. The topological polar surface area (TPSA) is 18.5 Å². The van der Waals surface area contributed by atoms with Crippen molar-refractivity contribution < 1.29 is 35.8 Å². The smallest absolute Gasteiger partial charge is 0.400 e. The van der Waals surface area contributed by atoms with Crippen LogP contribution in [0.2, 0.25) is 0 Å². The Labute approximate surface area is 179 Å². The molecule has 0 N–H and O–H groups in total. The summed E-state index contributed by atoms with van der Waals surface area (Å²) in [5.41, 5.74) is 0. The summed E-state index contributed by atoms with van der Waals surface area (Å²) in [5.74, 6) is -7.90. The second-order valence-corrected chi connectivity index (χ2v) is 8.90. The molecule has 0 unspecified atom stereocenters. The second kappa shape index (κ2) is 9.49. The molecule has 0 atom stereocenters. The van der Waals surface area contributed by atoms with Gasteiger partial charge < -0.3 is 9.47 Å². The molecule has 176 valence electrons. The Morgan fingerprint density at radius 2 is 1.23 bits per heavy atom. The third-order valence-electron chi connectivity index (χ3n) is 7.23. The van der Waals surface area contributed by atoms with Gasteiger partial charge >= 0.3 is 6.11 Å². The molecule has 0 aliphatic heterocycles. The van der Waals surface area contributed by atoms with E-state index in [4.69, 9.17) is 0 Å². The van der Waals surface area contributed by atoms with Gasteiger partial charge in [0.2, 0.25) is 11.6 Å². The Kier molecular flexibility index (Phi) is 7.36. The summed E-state index contributed by atoms with van der Waals surface area (Å²) in [6.45, 7) is 1.50. The van der Waals surface area contributed by atoms with Gasteiger partial charge in [-0.25, -0.2) is 8.78 Å². The zero-order valence-electron chi connectivity index (χ0n) is 17.9. The van der Waals surface area contributed by atoms with Gasteiger partial charge in [0.05, 0.1) is 13.0 Å². The number of halogens is 6. The van der Waals surface area contributed by atoms with Gasteiger partial charge in [-0.15, -0.1) is 0 Å². The highest BCUT2D eigenvalue weighted by atomic mass is 19.3. The minimum atomic E-state index is -3.63. The van der Waals surface area contributed by atoms with Gasteiger partial charge in [0.15, 0.2) is 11.5 Å². The molecule has 0 saturated heterocycles. The van der Waals surface area contributed by atoms with Crippen LogP contribution in [0.4, 0.5) is 26.3 Å². The van der Waals surface area contributed by atoms with Crippen molar-refractivity contribution in [3.63, 3.8) is 0 Å². The third-order valence-corrected chi connectivity index (χ3v) is 7.23. The van der Waals surface area contributed by atoms with Crippen LogP contribution in [0, 0.1) is 35.3 Å². The van der Waals surface area contributed by atoms with Crippen LogP contribution in [-0.2, 0) is 0 Å². The first-order valence-corrected chi connectivity index (χ1v) is 11.1. The predicted molar refractivity (Wildman–Crippen MR) is 105 cm³/mol. The van der Waals surface area contributed by atoms with E-state index in [0.29, 0.717) is 38.5 Å². The molecule has 0 bridgehead atoms. The van der Waals surface area contributed by atoms with Crippen molar-refractivity contribution in [3.8, 4) is 11.5 Å². The van der Waals surface area contributed by atoms with E-state index in [9.17, 15) is 26.3 Å². The fraction of sp³-hybridized carbons (Fsp3) is 0.739.